The number of hydrogen-bond donors (Lipinski definition) is 0. The lowest BCUT2D eigenvalue weighted by atomic mass is 9.33. The van der Waals surface area contributed by atoms with Crippen LogP contribution >= 0.6 is 0 Å². The largest absolute Gasteiger partial charge is 0.440 e. The van der Waals surface area contributed by atoms with Crippen LogP contribution in [0.15, 0.2) is 108 Å². The minimum absolute atomic E-state index is 0.0301. The first kappa shape index (κ1) is 46.3. The molecular weight excluding hydrogens is 872 g/mol. The molecule has 0 spiro atoms. The summed E-state index contributed by atoms with van der Waals surface area (Å²) in [7, 11) is 0. The molecule has 4 aliphatic carbocycles. The first-order chi connectivity index (χ1) is 34.0. The molecule has 6 aromatic carbocycles. The Morgan fingerprint density at radius 1 is 0.431 bits per heavy atom. The Balaban J connectivity index is 1.19. The molecule has 0 bridgehead atoms. The van der Waals surface area contributed by atoms with Crippen LogP contribution in [0.2, 0.25) is 0 Å². The van der Waals surface area contributed by atoms with Crippen molar-refractivity contribution < 1.29 is 4.42 Å². The Morgan fingerprint density at radius 2 is 0.889 bits per heavy atom. The highest BCUT2D eigenvalue weighted by Crippen LogP contribution is 2.55. The van der Waals surface area contributed by atoms with Crippen molar-refractivity contribution in [3.63, 3.8) is 0 Å². The second-order valence-electron chi connectivity index (χ2n) is 27.8. The van der Waals surface area contributed by atoms with Gasteiger partial charge in [0, 0.05) is 39.3 Å². The molecular formula is C68H77BN2O. The minimum Gasteiger partial charge on any atom is -0.440 e. The Bertz CT molecular complexity index is 3430. The first-order valence-electron chi connectivity index (χ1n) is 27.9. The van der Waals surface area contributed by atoms with Crippen molar-refractivity contribution in [3.05, 3.63) is 148 Å². The van der Waals surface area contributed by atoms with Gasteiger partial charge >= 0.3 is 0 Å². The van der Waals surface area contributed by atoms with Gasteiger partial charge in [0.25, 0.3) is 6.71 Å². The molecule has 7 aromatic rings. The number of furan rings is 1. The molecule has 13 rings (SSSR count). The molecule has 0 fully saturated rings. The normalized spacial score (nSPS) is 23.0. The molecule has 2 aliphatic heterocycles. The van der Waals surface area contributed by atoms with E-state index in [1.54, 1.807) is 0 Å². The van der Waals surface area contributed by atoms with Crippen LogP contribution in [0.1, 0.15) is 205 Å². The van der Waals surface area contributed by atoms with E-state index in [-0.39, 0.29) is 39.2 Å². The molecule has 1 aromatic heterocycles. The molecule has 2 unspecified atom stereocenters. The lowest BCUT2D eigenvalue weighted by Crippen LogP contribution is -2.61. The van der Waals surface area contributed by atoms with Crippen LogP contribution in [-0.2, 0) is 32.5 Å². The SMILES string of the molecule is CC1CCC(C)c2cc3c4c(oc3cc21)N(c1ccc2c(c1)C(C)(C)CCC2(C)C)c1cc(-c2ccccc2)cc2c1B4c1cc3c(cc1N2c1ccc2c(c1)C(C)(C)CCC2(C)C)C(C)(C)CCC3(C)C. The van der Waals surface area contributed by atoms with Gasteiger partial charge in [-0.25, -0.2) is 0 Å². The van der Waals surface area contributed by atoms with Crippen molar-refractivity contribution in [1.82, 2.24) is 0 Å². The van der Waals surface area contributed by atoms with Gasteiger partial charge in [0.15, 0.2) is 0 Å². The predicted molar refractivity (Wildman–Crippen MR) is 308 cm³/mol. The van der Waals surface area contributed by atoms with Crippen LogP contribution in [0.3, 0.4) is 0 Å². The van der Waals surface area contributed by atoms with Crippen molar-refractivity contribution in [2.45, 2.75) is 193 Å². The van der Waals surface area contributed by atoms with Gasteiger partial charge in [-0.05, 0) is 217 Å². The maximum Gasteiger partial charge on any atom is 0.257 e. The topological polar surface area (TPSA) is 19.6 Å². The van der Waals surface area contributed by atoms with Crippen molar-refractivity contribution in [2.24, 2.45) is 0 Å². The maximum atomic E-state index is 7.67. The van der Waals surface area contributed by atoms with Gasteiger partial charge in [0.1, 0.15) is 5.58 Å². The molecule has 3 nitrogen and oxygen atoms in total. The lowest BCUT2D eigenvalue weighted by molar-refractivity contribution is 0.332. The molecule has 6 aliphatic rings. The quantitative estimate of drug-likeness (QED) is 0.165. The summed E-state index contributed by atoms with van der Waals surface area (Å²) in [4.78, 5) is 5.30. The summed E-state index contributed by atoms with van der Waals surface area (Å²) < 4.78 is 7.67. The minimum atomic E-state index is -0.0555. The monoisotopic (exact) mass is 949 g/mol. The fourth-order valence-corrected chi connectivity index (χ4v) is 15.1. The maximum absolute atomic E-state index is 7.67. The van der Waals surface area contributed by atoms with Gasteiger partial charge < -0.3 is 9.32 Å². The second-order valence-corrected chi connectivity index (χ2v) is 27.8. The summed E-state index contributed by atoms with van der Waals surface area (Å²) in [5, 5.41) is 1.28. The summed E-state index contributed by atoms with van der Waals surface area (Å²) in [5.74, 6) is 1.97. The average molecular weight is 949 g/mol. The number of anilines is 6. The smallest absolute Gasteiger partial charge is 0.257 e. The van der Waals surface area contributed by atoms with Crippen LogP contribution in [0, 0.1) is 0 Å². The molecule has 0 N–H and O–H groups in total. The van der Waals surface area contributed by atoms with Crippen molar-refractivity contribution in [2.75, 3.05) is 9.80 Å². The summed E-state index contributed by atoms with van der Waals surface area (Å²) in [6, 6.07) is 41.7. The zero-order valence-corrected chi connectivity index (χ0v) is 46.0. The third kappa shape index (κ3) is 6.61. The third-order valence-corrected chi connectivity index (χ3v) is 20.3. The number of hydrogen-bond acceptors (Lipinski definition) is 3. The van der Waals surface area contributed by atoms with Gasteiger partial charge in [-0.2, -0.15) is 0 Å². The van der Waals surface area contributed by atoms with E-state index < -0.39 is 0 Å². The van der Waals surface area contributed by atoms with Crippen LogP contribution in [0.5, 0.6) is 0 Å². The van der Waals surface area contributed by atoms with Gasteiger partial charge in [-0.3, -0.25) is 4.90 Å². The summed E-state index contributed by atoms with van der Waals surface area (Å²) in [6.07, 6.45) is 9.47. The molecule has 72 heavy (non-hydrogen) atoms. The van der Waals surface area contributed by atoms with Crippen molar-refractivity contribution in [1.29, 1.82) is 0 Å². The van der Waals surface area contributed by atoms with Crippen molar-refractivity contribution >= 4 is 68.4 Å². The van der Waals surface area contributed by atoms with Crippen LogP contribution in [0.4, 0.5) is 34.3 Å². The van der Waals surface area contributed by atoms with E-state index >= 15 is 0 Å². The molecule has 0 radical (unpaired) electrons. The van der Waals surface area contributed by atoms with Gasteiger partial charge in [0.05, 0.1) is 0 Å². The van der Waals surface area contributed by atoms with E-state index in [0.717, 1.165) is 24.3 Å². The Morgan fingerprint density at radius 3 is 1.43 bits per heavy atom. The Labute approximate surface area is 431 Å². The number of benzene rings is 6. The fraction of sp³-hybridized carbons (Fsp3) is 0.441. The molecule has 4 heteroatoms. The van der Waals surface area contributed by atoms with E-state index in [0.29, 0.717) is 11.8 Å². The predicted octanol–water partition coefficient (Wildman–Crippen LogP) is 17.2. The van der Waals surface area contributed by atoms with E-state index in [4.69, 9.17) is 4.42 Å². The zero-order valence-electron chi connectivity index (χ0n) is 46.0. The highest BCUT2D eigenvalue weighted by atomic mass is 16.4. The van der Waals surface area contributed by atoms with Gasteiger partial charge in [0.2, 0.25) is 5.88 Å². The van der Waals surface area contributed by atoms with Crippen LogP contribution in [-0.4, -0.2) is 6.71 Å². The molecule has 3 heterocycles. The second kappa shape index (κ2) is 15.1. The fourth-order valence-electron chi connectivity index (χ4n) is 15.1. The standard InChI is InChI=1S/C68H77BN2O/c1-40-20-21-41(2)47-37-59-48(36-46(40)47)60-62(72-59)71(45-23-25-50-52(35-45)66(9,10)29-27-64(50,5)6)58-33-43(42-18-16-15-17-19-42)32-57-61(58)69(60)55-38-53-54(68(13,14)31-30-67(53,11)12)39-56(55)70(57)44-22-24-49-51(34-44)65(7,8)28-26-63(49,3)4/h15-19,22-25,32-41H,20-21,26-31H2,1-14H3. The summed E-state index contributed by atoms with van der Waals surface area (Å²) in [5.41, 5.74) is 26.1. The highest BCUT2D eigenvalue weighted by Gasteiger charge is 2.50. The molecule has 368 valence electrons. The van der Waals surface area contributed by atoms with Gasteiger partial charge in [-0.15, -0.1) is 0 Å². The number of nitrogens with zero attached hydrogens (tertiary/aromatic N) is 2. The number of rotatable bonds is 3. The van der Waals surface area contributed by atoms with E-state index in [9.17, 15) is 0 Å². The highest BCUT2D eigenvalue weighted by molar-refractivity contribution is 7.01. The van der Waals surface area contributed by atoms with E-state index in [2.05, 4.69) is 210 Å². The molecule has 0 amide bonds. The zero-order chi connectivity index (χ0) is 50.4. The third-order valence-electron chi connectivity index (χ3n) is 20.3. The van der Waals surface area contributed by atoms with Gasteiger partial charge in [-0.1, -0.05) is 145 Å². The molecule has 0 saturated carbocycles. The first-order valence-corrected chi connectivity index (χ1v) is 27.9. The Kier molecular flexibility index (Phi) is 9.70. The molecule has 2 atom stereocenters. The van der Waals surface area contributed by atoms with E-state index in [1.165, 1.54) is 144 Å². The van der Waals surface area contributed by atoms with Crippen molar-refractivity contribution in [3.8, 4) is 11.1 Å². The summed E-state index contributed by atoms with van der Waals surface area (Å²) >= 11 is 0. The summed E-state index contributed by atoms with van der Waals surface area (Å²) in [6.45, 7) is 34.5. The number of fused-ring (bicyclic) bond motifs is 10. The van der Waals surface area contributed by atoms with Crippen LogP contribution in [0.25, 0.3) is 22.1 Å². The lowest BCUT2D eigenvalue weighted by Gasteiger charge is -2.47. The Hall–Kier alpha value is -5.48. The average Bonchev–Trinajstić information content (AvgIpc) is 3.71. The molecule has 0 saturated heterocycles. The van der Waals surface area contributed by atoms with E-state index in [1.807, 2.05) is 0 Å². The van der Waals surface area contributed by atoms with Crippen LogP contribution < -0.4 is 26.2 Å².